The van der Waals surface area contributed by atoms with Crippen molar-refractivity contribution in [1.29, 1.82) is 0 Å². The molecular weight excluding hydrogens is 236 g/mol. The molecule has 0 aliphatic carbocycles. The zero-order valence-electron chi connectivity index (χ0n) is 9.13. The second kappa shape index (κ2) is 3.82. The molecule has 0 atom stereocenters. The third-order valence-corrected chi connectivity index (χ3v) is 2.84. The standard InChI is InChI=1S/C12H9ClN4/c1-8-10-2-3-11(17(10)7-6-14-8)9-4-5-15-12(13)16-9/h2-7H,1H3. The van der Waals surface area contributed by atoms with Gasteiger partial charge in [-0.1, -0.05) is 0 Å². The van der Waals surface area contributed by atoms with Gasteiger partial charge < -0.3 is 4.40 Å². The lowest BCUT2D eigenvalue weighted by atomic mass is 10.3. The zero-order valence-corrected chi connectivity index (χ0v) is 9.89. The van der Waals surface area contributed by atoms with Crippen LogP contribution in [0.1, 0.15) is 5.69 Å². The quantitative estimate of drug-likeness (QED) is 0.618. The zero-order chi connectivity index (χ0) is 11.8. The molecule has 0 aromatic carbocycles. The van der Waals surface area contributed by atoms with Crippen molar-refractivity contribution in [3.8, 4) is 11.4 Å². The Labute approximate surface area is 103 Å². The number of aromatic nitrogens is 4. The molecular formula is C12H9ClN4. The monoisotopic (exact) mass is 244 g/mol. The van der Waals surface area contributed by atoms with Crippen LogP contribution in [-0.4, -0.2) is 19.4 Å². The first-order valence-electron chi connectivity index (χ1n) is 5.17. The van der Waals surface area contributed by atoms with E-state index in [1.165, 1.54) is 0 Å². The molecule has 0 aliphatic heterocycles. The van der Waals surface area contributed by atoms with Crippen molar-refractivity contribution < 1.29 is 0 Å². The number of hydrogen-bond acceptors (Lipinski definition) is 3. The van der Waals surface area contributed by atoms with E-state index in [1.807, 2.05) is 35.7 Å². The highest BCUT2D eigenvalue weighted by Gasteiger charge is 2.07. The Morgan fingerprint density at radius 3 is 2.82 bits per heavy atom. The Morgan fingerprint density at radius 2 is 2.00 bits per heavy atom. The Morgan fingerprint density at radius 1 is 1.12 bits per heavy atom. The van der Waals surface area contributed by atoms with Crippen LogP contribution in [0.5, 0.6) is 0 Å². The van der Waals surface area contributed by atoms with Crippen LogP contribution in [0.15, 0.2) is 36.8 Å². The van der Waals surface area contributed by atoms with Crippen LogP contribution in [0.3, 0.4) is 0 Å². The Balaban J connectivity index is 2.28. The predicted molar refractivity (Wildman–Crippen MR) is 66.0 cm³/mol. The van der Waals surface area contributed by atoms with Crippen molar-refractivity contribution in [3.05, 3.63) is 47.8 Å². The van der Waals surface area contributed by atoms with Gasteiger partial charge in [-0.15, -0.1) is 0 Å². The molecule has 84 valence electrons. The summed E-state index contributed by atoms with van der Waals surface area (Å²) in [5.41, 5.74) is 3.83. The lowest BCUT2D eigenvalue weighted by Gasteiger charge is -2.03. The fourth-order valence-corrected chi connectivity index (χ4v) is 2.02. The molecule has 0 spiro atoms. The van der Waals surface area contributed by atoms with Crippen LogP contribution in [0.2, 0.25) is 5.28 Å². The van der Waals surface area contributed by atoms with E-state index in [0.29, 0.717) is 0 Å². The van der Waals surface area contributed by atoms with Crippen LogP contribution < -0.4 is 0 Å². The average molecular weight is 245 g/mol. The van der Waals surface area contributed by atoms with Crippen LogP contribution in [0, 0.1) is 6.92 Å². The number of fused-ring (bicyclic) bond motifs is 1. The molecule has 4 nitrogen and oxygen atoms in total. The summed E-state index contributed by atoms with van der Waals surface area (Å²) < 4.78 is 2.04. The largest absolute Gasteiger partial charge is 0.312 e. The molecule has 0 fully saturated rings. The van der Waals surface area contributed by atoms with Gasteiger partial charge in [0.25, 0.3) is 0 Å². The lowest BCUT2D eigenvalue weighted by Crippen LogP contribution is -1.94. The van der Waals surface area contributed by atoms with E-state index in [2.05, 4.69) is 15.0 Å². The third kappa shape index (κ3) is 1.66. The molecule has 0 amide bonds. The Bertz CT molecular complexity index is 690. The summed E-state index contributed by atoms with van der Waals surface area (Å²) in [6.45, 7) is 1.98. The minimum atomic E-state index is 0.253. The number of nitrogens with zero attached hydrogens (tertiary/aromatic N) is 4. The fraction of sp³-hybridized carbons (Fsp3) is 0.0833. The number of aryl methyl sites for hydroxylation is 1. The van der Waals surface area contributed by atoms with Gasteiger partial charge in [0.2, 0.25) is 5.28 Å². The summed E-state index contributed by atoms with van der Waals surface area (Å²) in [7, 11) is 0. The summed E-state index contributed by atoms with van der Waals surface area (Å²) in [5.74, 6) is 0. The van der Waals surface area contributed by atoms with Gasteiger partial charge in [-0.05, 0) is 36.7 Å². The topological polar surface area (TPSA) is 43.1 Å². The van der Waals surface area contributed by atoms with Gasteiger partial charge in [-0.3, -0.25) is 4.98 Å². The molecule has 5 heteroatoms. The summed E-state index contributed by atoms with van der Waals surface area (Å²) in [5, 5.41) is 0.253. The molecule has 3 aromatic rings. The number of rotatable bonds is 1. The van der Waals surface area contributed by atoms with E-state index in [-0.39, 0.29) is 5.28 Å². The highest BCUT2D eigenvalue weighted by Crippen LogP contribution is 2.22. The van der Waals surface area contributed by atoms with Crippen molar-refractivity contribution in [3.63, 3.8) is 0 Å². The molecule has 3 aromatic heterocycles. The Hall–Kier alpha value is -1.94. The van der Waals surface area contributed by atoms with Crippen molar-refractivity contribution in [1.82, 2.24) is 19.4 Å². The first-order valence-corrected chi connectivity index (χ1v) is 5.55. The van der Waals surface area contributed by atoms with E-state index in [4.69, 9.17) is 11.6 Å². The van der Waals surface area contributed by atoms with Gasteiger partial charge in [-0.2, -0.15) is 0 Å². The average Bonchev–Trinajstić information content (AvgIpc) is 2.74. The van der Waals surface area contributed by atoms with Crippen molar-refractivity contribution in [2.75, 3.05) is 0 Å². The normalized spacial score (nSPS) is 10.9. The van der Waals surface area contributed by atoms with E-state index < -0.39 is 0 Å². The predicted octanol–water partition coefficient (Wildman–Crippen LogP) is 2.75. The van der Waals surface area contributed by atoms with Crippen molar-refractivity contribution in [2.24, 2.45) is 0 Å². The maximum Gasteiger partial charge on any atom is 0.222 e. The highest BCUT2D eigenvalue weighted by atomic mass is 35.5. The van der Waals surface area contributed by atoms with Crippen molar-refractivity contribution in [2.45, 2.75) is 6.92 Å². The van der Waals surface area contributed by atoms with Crippen LogP contribution in [0.25, 0.3) is 16.9 Å². The maximum absolute atomic E-state index is 5.80. The summed E-state index contributed by atoms with van der Waals surface area (Å²) in [6.07, 6.45) is 5.33. The van der Waals surface area contributed by atoms with Gasteiger partial charge in [0.05, 0.1) is 22.6 Å². The molecule has 0 bridgehead atoms. The fourth-order valence-electron chi connectivity index (χ4n) is 1.87. The molecule has 3 rings (SSSR count). The van der Waals surface area contributed by atoms with E-state index in [1.54, 1.807) is 12.4 Å². The van der Waals surface area contributed by atoms with Crippen LogP contribution >= 0.6 is 11.6 Å². The molecule has 0 radical (unpaired) electrons. The van der Waals surface area contributed by atoms with Crippen LogP contribution in [-0.2, 0) is 0 Å². The maximum atomic E-state index is 5.80. The first-order chi connectivity index (χ1) is 8.25. The molecule has 0 aliphatic rings. The molecule has 0 saturated carbocycles. The van der Waals surface area contributed by atoms with E-state index in [9.17, 15) is 0 Å². The highest BCUT2D eigenvalue weighted by molar-refractivity contribution is 6.28. The molecule has 17 heavy (non-hydrogen) atoms. The first kappa shape index (κ1) is 10.2. The smallest absolute Gasteiger partial charge is 0.222 e. The minimum absolute atomic E-state index is 0.253. The summed E-state index contributed by atoms with van der Waals surface area (Å²) in [4.78, 5) is 12.3. The van der Waals surface area contributed by atoms with Gasteiger partial charge in [-0.25, -0.2) is 9.97 Å². The second-order valence-electron chi connectivity index (χ2n) is 3.70. The second-order valence-corrected chi connectivity index (χ2v) is 4.04. The lowest BCUT2D eigenvalue weighted by molar-refractivity contribution is 1.08. The summed E-state index contributed by atoms with van der Waals surface area (Å²) >= 11 is 5.80. The molecule has 0 N–H and O–H groups in total. The van der Waals surface area contributed by atoms with Crippen LogP contribution in [0.4, 0.5) is 0 Å². The van der Waals surface area contributed by atoms with Gasteiger partial charge in [0.15, 0.2) is 0 Å². The van der Waals surface area contributed by atoms with Gasteiger partial charge in [0.1, 0.15) is 0 Å². The Kier molecular flexibility index (Phi) is 2.30. The number of hydrogen-bond donors (Lipinski definition) is 0. The third-order valence-electron chi connectivity index (χ3n) is 2.66. The summed E-state index contributed by atoms with van der Waals surface area (Å²) in [6, 6.07) is 5.86. The molecule has 3 heterocycles. The van der Waals surface area contributed by atoms with Gasteiger partial charge in [0, 0.05) is 18.6 Å². The van der Waals surface area contributed by atoms with Crippen molar-refractivity contribution >= 4 is 17.1 Å². The van der Waals surface area contributed by atoms with E-state index in [0.717, 1.165) is 22.6 Å². The minimum Gasteiger partial charge on any atom is -0.312 e. The van der Waals surface area contributed by atoms with Gasteiger partial charge >= 0.3 is 0 Å². The SMILES string of the molecule is Cc1nccn2c(-c3ccnc(Cl)n3)ccc12. The molecule has 0 saturated heterocycles. The number of halogens is 1. The molecule has 0 unspecified atom stereocenters. The van der Waals surface area contributed by atoms with E-state index >= 15 is 0 Å².